The molecular weight excluding hydrogens is 290 g/mol. The van der Waals surface area contributed by atoms with Gasteiger partial charge in [-0.15, -0.1) is 0 Å². The van der Waals surface area contributed by atoms with Crippen molar-refractivity contribution in [3.8, 4) is 0 Å². The number of nitrogens with zero attached hydrogens (tertiary/aromatic N) is 3. The van der Waals surface area contributed by atoms with Gasteiger partial charge in [0.05, 0.1) is 6.54 Å². The minimum Gasteiger partial charge on any atom is -0.352 e. The number of nitrogens with one attached hydrogen (secondary N) is 2. The van der Waals surface area contributed by atoms with Gasteiger partial charge >= 0.3 is 0 Å². The van der Waals surface area contributed by atoms with Crippen LogP contribution in [0.15, 0.2) is 33.8 Å². The fourth-order valence-corrected chi connectivity index (χ4v) is 1.91. The van der Waals surface area contributed by atoms with E-state index in [-0.39, 0.29) is 5.41 Å². The van der Waals surface area contributed by atoms with Gasteiger partial charge in [-0.3, -0.25) is 4.99 Å². The summed E-state index contributed by atoms with van der Waals surface area (Å²) < 4.78 is 5.27. The quantitative estimate of drug-likeness (QED) is 0.670. The molecule has 2 aromatic rings. The van der Waals surface area contributed by atoms with Crippen molar-refractivity contribution in [3.05, 3.63) is 47.1 Å². The maximum absolute atomic E-state index is 5.27. The summed E-state index contributed by atoms with van der Waals surface area (Å²) in [6.07, 6.45) is 0. The zero-order valence-electron chi connectivity index (χ0n) is 14.5. The summed E-state index contributed by atoms with van der Waals surface area (Å²) in [4.78, 5) is 8.59. The zero-order chi connectivity index (χ0) is 16.9. The highest BCUT2D eigenvalue weighted by Crippen LogP contribution is 2.19. The van der Waals surface area contributed by atoms with Gasteiger partial charge in [0.1, 0.15) is 0 Å². The van der Waals surface area contributed by atoms with Gasteiger partial charge in [0.25, 0.3) is 0 Å². The fraction of sp³-hybridized carbons (Fsp3) is 0.471. The standard InChI is InChI=1S/C17H25N5O/c1-12-6-8-13(9-7-12)10-19-16(18-5)20-11-14-21-15(23-22-14)17(2,3)4/h6-9H,10-11H2,1-5H3,(H2,18,19,20). The molecule has 0 fully saturated rings. The molecule has 0 saturated carbocycles. The molecular formula is C17H25N5O. The van der Waals surface area contributed by atoms with Crippen molar-refractivity contribution >= 4 is 5.96 Å². The number of aryl methyl sites for hydroxylation is 1. The summed E-state index contributed by atoms with van der Waals surface area (Å²) in [5.74, 6) is 1.96. The van der Waals surface area contributed by atoms with Crippen molar-refractivity contribution < 1.29 is 4.52 Å². The van der Waals surface area contributed by atoms with E-state index in [1.54, 1.807) is 7.05 Å². The molecule has 0 saturated heterocycles. The van der Waals surface area contributed by atoms with Crippen molar-refractivity contribution in [1.82, 2.24) is 20.8 Å². The molecule has 2 N–H and O–H groups in total. The monoisotopic (exact) mass is 315 g/mol. The molecule has 0 bridgehead atoms. The van der Waals surface area contributed by atoms with Crippen LogP contribution in [0.4, 0.5) is 0 Å². The predicted molar refractivity (Wildman–Crippen MR) is 91.2 cm³/mol. The second-order valence-electron chi connectivity index (χ2n) is 6.53. The Bertz CT molecular complexity index is 652. The molecule has 6 heteroatoms. The lowest BCUT2D eigenvalue weighted by Crippen LogP contribution is -2.36. The topological polar surface area (TPSA) is 75.3 Å². The van der Waals surface area contributed by atoms with Crippen LogP contribution in [-0.2, 0) is 18.5 Å². The summed E-state index contributed by atoms with van der Waals surface area (Å²) in [6, 6.07) is 8.40. The van der Waals surface area contributed by atoms with E-state index in [1.165, 1.54) is 11.1 Å². The number of rotatable bonds is 4. The van der Waals surface area contributed by atoms with Gasteiger partial charge in [-0.25, -0.2) is 0 Å². The van der Waals surface area contributed by atoms with Gasteiger partial charge in [0.2, 0.25) is 5.89 Å². The molecule has 124 valence electrons. The minimum absolute atomic E-state index is 0.142. The Hall–Kier alpha value is -2.37. The van der Waals surface area contributed by atoms with Crippen LogP contribution >= 0.6 is 0 Å². The lowest BCUT2D eigenvalue weighted by atomic mass is 9.97. The second-order valence-corrected chi connectivity index (χ2v) is 6.53. The highest BCUT2D eigenvalue weighted by molar-refractivity contribution is 5.79. The van der Waals surface area contributed by atoms with Crippen LogP contribution in [0.5, 0.6) is 0 Å². The summed E-state index contributed by atoms with van der Waals surface area (Å²) in [6.45, 7) is 9.38. The molecule has 1 aromatic carbocycles. The summed E-state index contributed by atoms with van der Waals surface area (Å²) in [5.41, 5.74) is 2.31. The first-order chi connectivity index (χ1) is 10.9. The fourth-order valence-electron chi connectivity index (χ4n) is 1.91. The highest BCUT2D eigenvalue weighted by atomic mass is 16.5. The Kier molecular flexibility index (Phi) is 5.36. The molecule has 23 heavy (non-hydrogen) atoms. The van der Waals surface area contributed by atoms with Gasteiger partial charge in [-0.1, -0.05) is 55.8 Å². The lowest BCUT2D eigenvalue weighted by Gasteiger charge is -2.11. The largest absolute Gasteiger partial charge is 0.352 e. The van der Waals surface area contributed by atoms with Crippen molar-refractivity contribution in [3.63, 3.8) is 0 Å². The van der Waals surface area contributed by atoms with E-state index in [9.17, 15) is 0 Å². The molecule has 0 unspecified atom stereocenters. The highest BCUT2D eigenvalue weighted by Gasteiger charge is 2.21. The van der Waals surface area contributed by atoms with Crippen LogP contribution in [0.2, 0.25) is 0 Å². The van der Waals surface area contributed by atoms with Crippen LogP contribution < -0.4 is 10.6 Å². The molecule has 0 amide bonds. The predicted octanol–water partition coefficient (Wildman–Crippen LogP) is 2.54. The normalized spacial score (nSPS) is 12.3. The number of hydrogen-bond donors (Lipinski definition) is 2. The summed E-state index contributed by atoms with van der Waals surface area (Å²) in [7, 11) is 1.74. The Balaban J connectivity index is 1.85. The van der Waals surface area contributed by atoms with Gasteiger partial charge in [-0.2, -0.15) is 4.98 Å². The smallest absolute Gasteiger partial charge is 0.232 e. The Morgan fingerprint density at radius 2 is 1.78 bits per heavy atom. The molecule has 0 aliphatic rings. The van der Waals surface area contributed by atoms with Crippen LogP contribution in [-0.4, -0.2) is 23.1 Å². The molecule has 0 atom stereocenters. The Morgan fingerprint density at radius 3 is 2.35 bits per heavy atom. The first kappa shape index (κ1) is 17.0. The second kappa shape index (κ2) is 7.26. The van der Waals surface area contributed by atoms with E-state index < -0.39 is 0 Å². The van der Waals surface area contributed by atoms with E-state index in [0.717, 1.165) is 0 Å². The molecule has 2 rings (SSSR count). The van der Waals surface area contributed by atoms with Crippen molar-refractivity contribution in [2.24, 2.45) is 4.99 Å². The van der Waals surface area contributed by atoms with Crippen molar-refractivity contribution in [2.45, 2.75) is 46.2 Å². The van der Waals surface area contributed by atoms with Gasteiger partial charge < -0.3 is 15.2 Å². The number of aliphatic imine (C=N–C) groups is 1. The minimum atomic E-state index is -0.142. The van der Waals surface area contributed by atoms with E-state index in [2.05, 4.69) is 57.0 Å². The van der Waals surface area contributed by atoms with Crippen molar-refractivity contribution in [2.75, 3.05) is 7.05 Å². The van der Waals surface area contributed by atoms with Gasteiger partial charge in [0, 0.05) is 19.0 Å². The molecule has 0 aliphatic heterocycles. The molecule has 0 spiro atoms. The Labute approximate surface area is 137 Å². The molecule has 0 aliphatic carbocycles. The zero-order valence-corrected chi connectivity index (χ0v) is 14.5. The molecule has 1 heterocycles. The lowest BCUT2D eigenvalue weighted by molar-refractivity contribution is 0.318. The van der Waals surface area contributed by atoms with E-state index in [0.29, 0.717) is 30.8 Å². The maximum Gasteiger partial charge on any atom is 0.232 e. The first-order valence-electron chi connectivity index (χ1n) is 7.71. The molecule has 1 aromatic heterocycles. The van der Waals surface area contributed by atoms with E-state index in [4.69, 9.17) is 4.52 Å². The third-order valence-electron chi connectivity index (χ3n) is 3.33. The summed E-state index contributed by atoms with van der Waals surface area (Å²) in [5, 5.41) is 10.4. The number of guanidine groups is 1. The van der Waals surface area contributed by atoms with Crippen LogP contribution in [0.3, 0.4) is 0 Å². The SMILES string of the molecule is CN=C(NCc1ccc(C)cc1)NCc1noc(C(C)(C)C)n1. The third-order valence-corrected chi connectivity index (χ3v) is 3.33. The number of aromatic nitrogens is 2. The van der Waals surface area contributed by atoms with Gasteiger partial charge in [0.15, 0.2) is 11.8 Å². The third kappa shape index (κ3) is 5.09. The maximum atomic E-state index is 5.27. The average molecular weight is 315 g/mol. The molecule has 6 nitrogen and oxygen atoms in total. The Morgan fingerprint density at radius 1 is 1.13 bits per heavy atom. The summed E-state index contributed by atoms with van der Waals surface area (Å²) >= 11 is 0. The van der Waals surface area contributed by atoms with Crippen LogP contribution in [0.1, 0.15) is 43.6 Å². The van der Waals surface area contributed by atoms with Crippen LogP contribution in [0.25, 0.3) is 0 Å². The van der Waals surface area contributed by atoms with Crippen molar-refractivity contribution in [1.29, 1.82) is 0 Å². The number of benzene rings is 1. The van der Waals surface area contributed by atoms with Gasteiger partial charge in [-0.05, 0) is 12.5 Å². The van der Waals surface area contributed by atoms with E-state index in [1.807, 2.05) is 20.8 Å². The first-order valence-corrected chi connectivity index (χ1v) is 7.71. The number of hydrogen-bond acceptors (Lipinski definition) is 4. The molecule has 0 radical (unpaired) electrons. The van der Waals surface area contributed by atoms with Crippen LogP contribution in [0, 0.1) is 6.92 Å². The van der Waals surface area contributed by atoms with E-state index >= 15 is 0 Å². The average Bonchev–Trinajstić information content (AvgIpc) is 2.98.